The van der Waals surface area contributed by atoms with Crippen LogP contribution in [0.3, 0.4) is 0 Å². The molecule has 3 nitrogen and oxygen atoms in total. The monoisotopic (exact) mass is 223 g/mol. The quantitative estimate of drug-likeness (QED) is 0.529. The molecule has 0 aliphatic rings. The zero-order chi connectivity index (χ0) is 11.9. The third-order valence-electron chi connectivity index (χ3n) is 1.66. The molecule has 0 radical (unpaired) electrons. The second kappa shape index (κ2) is 6.00. The summed E-state index contributed by atoms with van der Waals surface area (Å²) >= 11 is 0. The highest BCUT2D eigenvalue weighted by atomic mass is 19.3. The van der Waals surface area contributed by atoms with Gasteiger partial charge in [0.1, 0.15) is 6.61 Å². The molecule has 0 aromatic rings. The first-order chi connectivity index (χ1) is 6.77. The first kappa shape index (κ1) is 14.3. The number of nitrogens with one attached hydrogen (secondary N) is 1. The van der Waals surface area contributed by atoms with Crippen LogP contribution in [0, 0.1) is 0 Å². The van der Waals surface area contributed by atoms with Gasteiger partial charge in [-0.3, -0.25) is 4.79 Å². The zero-order valence-electron chi connectivity index (χ0n) is 9.48. The Labute approximate surface area is 89.2 Å². The van der Waals surface area contributed by atoms with Gasteiger partial charge in [-0.25, -0.2) is 8.78 Å². The number of amides is 1. The fourth-order valence-electron chi connectivity index (χ4n) is 0.902. The van der Waals surface area contributed by atoms with Gasteiger partial charge in [-0.15, -0.1) is 0 Å². The second-order valence-electron chi connectivity index (χ2n) is 4.43. The molecule has 0 unspecified atom stereocenters. The van der Waals surface area contributed by atoms with E-state index in [-0.39, 0.29) is 19.4 Å². The molecule has 0 saturated carbocycles. The van der Waals surface area contributed by atoms with Crippen molar-refractivity contribution in [2.75, 3.05) is 13.2 Å². The second-order valence-corrected chi connectivity index (χ2v) is 4.43. The summed E-state index contributed by atoms with van der Waals surface area (Å²) in [5, 5.41) is 2.34. The highest BCUT2D eigenvalue weighted by Crippen LogP contribution is 2.22. The zero-order valence-corrected chi connectivity index (χ0v) is 9.48. The van der Waals surface area contributed by atoms with Crippen molar-refractivity contribution in [2.45, 2.75) is 45.1 Å². The van der Waals surface area contributed by atoms with Crippen molar-refractivity contribution < 1.29 is 18.3 Å². The van der Waals surface area contributed by atoms with E-state index in [4.69, 9.17) is 4.74 Å². The number of hydrogen-bond acceptors (Lipinski definition) is 2. The molecule has 0 aliphatic heterocycles. The summed E-state index contributed by atoms with van der Waals surface area (Å²) < 4.78 is 31.3. The molecule has 5 heteroatoms. The number of ether oxygens (including phenoxy) is 1. The summed E-state index contributed by atoms with van der Waals surface area (Å²) in [6, 6.07) is 0. The standard InChI is InChI=1S/C10H19F2NO2/c1-9(2,3)15-7-10(11,12)5-4-6-13-8-14/h8H,4-7H2,1-3H3,(H,13,14). The Morgan fingerprint density at radius 1 is 1.33 bits per heavy atom. The lowest BCUT2D eigenvalue weighted by atomic mass is 10.1. The minimum atomic E-state index is -2.82. The Hall–Kier alpha value is -0.710. The molecule has 1 amide bonds. The Balaban J connectivity index is 3.71. The van der Waals surface area contributed by atoms with Crippen LogP contribution in [-0.4, -0.2) is 31.1 Å². The van der Waals surface area contributed by atoms with Crippen LogP contribution in [0.4, 0.5) is 8.78 Å². The molecule has 0 aliphatic carbocycles. The summed E-state index contributed by atoms with van der Waals surface area (Å²) in [7, 11) is 0. The molecule has 0 aromatic heterocycles. The van der Waals surface area contributed by atoms with E-state index in [0.29, 0.717) is 6.41 Å². The number of rotatable bonds is 7. The van der Waals surface area contributed by atoms with Crippen molar-refractivity contribution in [3.05, 3.63) is 0 Å². The van der Waals surface area contributed by atoms with Crippen LogP contribution in [0.15, 0.2) is 0 Å². The van der Waals surface area contributed by atoms with Crippen LogP contribution in [0.5, 0.6) is 0 Å². The molecule has 0 aromatic carbocycles. The molecule has 0 saturated heterocycles. The largest absolute Gasteiger partial charge is 0.370 e. The lowest BCUT2D eigenvalue weighted by molar-refractivity contribution is -0.125. The summed E-state index contributed by atoms with van der Waals surface area (Å²) in [5.74, 6) is -2.82. The summed E-state index contributed by atoms with van der Waals surface area (Å²) in [4.78, 5) is 9.86. The maximum absolute atomic E-state index is 13.1. The van der Waals surface area contributed by atoms with Crippen LogP contribution < -0.4 is 5.32 Å². The number of carbonyl (C=O) groups excluding carboxylic acids is 1. The van der Waals surface area contributed by atoms with Gasteiger partial charge in [-0.1, -0.05) is 0 Å². The van der Waals surface area contributed by atoms with Crippen LogP contribution in [-0.2, 0) is 9.53 Å². The van der Waals surface area contributed by atoms with Crippen LogP contribution in [0.25, 0.3) is 0 Å². The lowest BCUT2D eigenvalue weighted by Gasteiger charge is -2.24. The first-order valence-electron chi connectivity index (χ1n) is 4.96. The number of alkyl halides is 2. The maximum atomic E-state index is 13.1. The third-order valence-corrected chi connectivity index (χ3v) is 1.66. The Bertz CT molecular complexity index is 190. The summed E-state index contributed by atoms with van der Waals surface area (Å²) in [6.07, 6.45) is 0.479. The fraction of sp³-hybridized carbons (Fsp3) is 0.900. The number of carbonyl (C=O) groups is 1. The van der Waals surface area contributed by atoms with Crippen molar-refractivity contribution in [2.24, 2.45) is 0 Å². The molecule has 90 valence electrons. The highest BCUT2D eigenvalue weighted by molar-refractivity contribution is 5.45. The molecule has 1 N–H and O–H groups in total. The summed E-state index contributed by atoms with van der Waals surface area (Å²) in [6.45, 7) is 4.90. The molecule has 0 heterocycles. The van der Waals surface area contributed by atoms with Gasteiger partial charge in [-0.2, -0.15) is 0 Å². The smallest absolute Gasteiger partial charge is 0.271 e. The molecular formula is C10H19F2NO2. The van der Waals surface area contributed by atoms with Crippen molar-refractivity contribution in [3.63, 3.8) is 0 Å². The molecular weight excluding hydrogens is 204 g/mol. The van der Waals surface area contributed by atoms with Gasteiger partial charge in [0, 0.05) is 13.0 Å². The predicted octanol–water partition coefficient (Wildman–Crippen LogP) is 1.96. The van der Waals surface area contributed by atoms with Gasteiger partial charge in [0.2, 0.25) is 6.41 Å². The van der Waals surface area contributed by atoms with Crippen molar-refractivity contribution in [1.82, 2.24) is 5.32 Å². The highest BCUT2D eigenvalue weighted by Gasteiger charge is 2.30. The van der Waals surface area contributed by atoms with Gasteiger partial charge in [0.25, 0.3) is 5.92 Å². The van der Waals surface area contributed by atoms with Crippen LogP contribution in [0.1, 0.15) is 33.6 Å². The minimum absolute atomic E-state index is 0.249. The van der Waals surface area contributed by atoms with E-state index >= 15 is 0 Å². The molecule has 0 spiro atoms. The van der Waals surface area contributed by atoms with Gasteiger partial charge in [-0.05, 0) is 27.2 Å². The molecule has 0 atom stereocenters. The molecule has 0 fully saturated rings. The van der Waals surface area contributed by atoms with E-state index in [1.54, 1.807) is 20.8 Å². The summed E-state index contributed by atoms with van der Waals surface area (Å²) in [5.41, 5.74) is -0.551. The van der Waals surface area contributed by atoms with E-state index in [9.17, 15) is 13.6 Å². The molecule has 15 heavy (non-hydrogen) atoms. The maximum Gasteiger partial charge on any atom is 0.271 e. The predicted molar refractivity (Wildman–Crippen MR) is 54.0 cm³/mol. The normalized spacial score (nSPS) is 12.6. The van der Waals surface area contributed by atoms with Crippen LogP contribution >= 0.6 is 0 Å². The lowest BCUT2D eigenvalue weighted by Crippen LogP contribution is -2.31. The van der Waals surface area contributed by atoms with Crippen LogP contribution in [0.2, 0.25) is 0 Å². The fourth-order valence-corrected chi connectivity index (χ4v) is 0.902. The Morgan fingerprint density at radius 3 is 2.40 bits per heavy atom. The Kier molecular flexibility index (Phi) is 5.72. The minimum Gasteiger partial charge on any atom is -0.370 e. The first-order valence-corrected chi connectivity index (χ1v) is 4.96. The van der Waals surface area contributed by atoms with Crippen molar-refractivity contribution >= 4 is 6.41 Å². The van der Waals surface area contributed by atoms with E-state index < -0.39 is 18.1 Å². The van der Waals surface area contributed by atoms with E-state index in [1.165, 1.54) is 0 Å². The van der Waals surface area contributed by atoms with Gasteiger partial charge < -0.3 is 10.1 Å². The number of halogens is 2. The average Bonchev–Trinajstić information content (AvgIpc) is 2.09. The van der Waals surface area contributed by atoms with Crippen molar-refractivity contribution in [1.29, 1.82) is 0 Å². The Morgan fingerprint density at radius 2 is 1.93 bits per heavy atom. The van der Waals surface area contributed by atoms with Crippen molar-refractivity contribution in [3.8, 4) is 0 Å². The third kappa shape index (κ3) is 9.59. The van der Waals surface area contributed by atoms with E-state index in [2.05, 4.69) is 5.32 Å². The van der Waals surface area contributed by atoms with Gasteiger partial charge in [0.05, 0.1) is 5.60 Å². The van der Waals surface area contributed by atoms with Gasteiger partial charge in [0.15, 0.2) is 0 Å². The average molecular weight is 223 g/mol. The van der Waals surface area contributed by atoms with Gasteiger partial charge >= 0.3 is 0 Å². The van der Waals surface area contributed by atoms with E-state index in [0.717, 1.165) is 0 Å². The number of hydrogen-bond donors (Lipinski definition) is 1. The topological polar surface area (TPSA) is 38.3 Å². The SMILES string of the molecule is CC(C)(C)OCC(F)(F)CCCNC=O. The molecule has 0 rings (SSSR count). The van der Waals surface area contributed by atoms with E-state index in [1.807, 2.05) is 0 Å². The molecule has 0 bridgehead atoms.